The fraction of sp³-hybridized carbons (Fsp3) is 0.154. The van der Waals surface area contributed by atoms with Gasteiger partial charge in [-0.05, 0) is 46.5 Å². The van der Waals surface area contributed by atoms with Crippen LogP contribution in [0.3, 0.4) is 0 Å². The molecule has 0 aliphatic carbocycles. The highest BCUT2D eigenvalue weighted by Gasteiger charge is 2.30. The molecule has 4 N–H and O–H groups in total. The molecule has 9 aromatic rings. The van der Waals surface area contributed by atoms with Crippen molar-refractivity contribution in [1.82, 2.24) is 29.7 Å². The van der Waals surface area contributed by atoms with E-state index in [4.69, 9.17) is 9.47 Å². The summed E-state index contributed by atoms with van der Waals surface area (Å²) >= 11 is 0. The zero-order chi connectivity index (χ0) is 45.9. The molecule has 4 aromatic heterocycles. The molecule has 9 rings (SSSR count). The number of methoxy groups -OCH3 is 2. The van der Waals surface area contributed by atoms with Gasteiger partial charge in [-0.15, -0.1) is 0 Å². The van der Waals surface area contributed by atoms with Crippen molar-refractivity contribution in [3.05, 3.63) is 179 Å². The number of carbonyl (C=O) groups is 6. The SMILES string of the molecule is COC(=O)C(Cc1c[nH]c2ccccc12)NC(=O)C(=O)c1cn(Cc2ccc(Cn3cc(C(=O)C(=O)NC(Cc4c[nH]c5ccccc45)C(=O)OC)c4ccccc43)cc2)c2ccccc12. The van der Waals surface area contributed by atoms with Crippen molar-refractivity contribution < 1.29 is 38.2 Å². The number of para-hydroxylation sites is 4. The van der Waals surface area contributed by atoms with Crippen LogP contribution in [0.15, 0.2) is 146 Å². The molecule has 14 nitrogen and oxygen atoms in total. The van der Waals surface area contributed by atoms with Crippen LogP contribution >= 0.6 is 0 Å². The number of nitrogens with zero attached hydrogens (tertiary/aromatic N) is 2. The molecule has 0 spiro atoms. The van der Waals surface area contributed by atoms with Gasteiger partial charge in [0.1, 0.15) is 12.1 Å². The van der Waals surface area contributed by atoms with E-state index in [1.807, 2.05) is 106 Å². The van der Waals surface area contributed by atoms with Gasteiger partial charge in [0.2, 0.25) is 0 Å². The maximum Gasteiger partial charge on any atom is 0.328 e. The minimum atomic E-state index is -1.10. The van der Waals surface area contributed by atoms with Gasteiger partial charge in [0.15, 0.2) is 0 Å². The van der Waals surface area contributed by atoms with Crippen molar-refractivity contribution in [1.29, 1.82) is 0 Å². The lowest BCUT2D eigenvalue weighted by Crippen LogP contribution is -2.45. The Morgan fingerprint density at radius 3 is 1.26 bits per heavy atom. The molecule has 2 amide bonds. The summed E-state index contributed by atoms with van der Waals surface area (Å²) in [5.74, 6) is -4.75. The summed E-state index contributed by atoms with van der Waals surface area (Å²) in [5, 5.41) is 8.23. The van der Waals surface area contributed by atoms with Gasteiger partial charge in [0.25, 0.3) is 23.4 Å². The van der Waals surface area contributed by atoms with E-state index in [9.17, 15) is 28.8 Å². The Balaban J connectivity index is 0.893. The van der Waals surface area contributed by atoms with Gasteiger partial charge in [-0.25, -0.2) is 9.59 Å². The smallest absolute Gasteiger partial charge is 0.328 e. The topological polar surface area (TPSA) is 186 Å². The summed E-state index contributed by atoms with van der Waals surface area (Å²) in [6, 6.07) is 35.5. The fourth-order valence-electron chi connectivity index (χ4n) is 8.66. The molecule has 0 aliphatic rings. The molecule has 66 heavy (non-hydrogen) atoms. The number of esters is 2. The van der Waals surface area contributed by atoms with Gasteiger partial charge in [0.05, 0.1) is 25.3 Å². The zero-order valence-electron chi connectivity index (χ0n) is 36.0. The largest absolute Gasteiger partial charge is 0.467 e. The summed E-state index contributed by atoms with van der Waals surface area (Å²) < 4.78 is 13.8. The van der Waals surface area contributed by atoms with E-state index >= 15 is 0 Å². The third-order valence-electron chi connectivity index (χ3n) is 12.0. The molecular weight excluding hydrogens is 837 g/mol. The summed E-state index contributed by atoms with van der Waals surface area (Å²) in [6.45, 7) is 0.766. The molecule has 2 unspecified atom stereocenters. The number of aromatic amines is 2. The van der Waals surface area contributed by atoms with Crippen LogP contribution in [-0.4, -0.2) is 80.7 Å². The molecule has 330 valence electrons. The van der Waals surface area contributed by atoms with Crippen LogP contribution in [0, 0.1) is 0 Å². The van der Waals surface area contributed by atoms with Crippen LogP contribution < -0.4 is 10.6 Å². The first-order chi connectivity index (χ1) is 32.1. The first-order valence-electron chi connectivity index (χ1n) is 21.3. The zero-order valence-corrected chi connectivity index (χ0v) is 36.0. The van der Waals surface area contributed by atoms with Gasteiger partial charge < -0.3 is 39.2 Å². The van der Waals surface area contributed by atoms with E-state index < -0.39 is 47.4 Å². The number of rotatable bonds is 16. The lowest BCUT2D eigenvalue weighted by Gasteiger charge is -2.15. The third kappa shape index (κ3) is 8.46. The minimum absolute atomic E-state index is 0.122. The van der Waals surface area contributed by atoms with Crippen molar-refractivity contribution >= 4 is 78.9 Å². The summed E-state index contributed by atoms with van der Waals surface area (Å²) in [5.41, 5.74) is 7.09. The van der Waals surface area contributed by atoms with Gasteiger partial charge in [0, 0.05) is 94.3 Å². The van der Waals surface area contributed by atoms with Crippen LogP contribution in [0.25, 0.3) is 43.6 Å². The second kappa shape index (κ2) is 18.3. The Bertz CT molecular complexity index is 3110. The van der Waals surface area contributed by atoms with Crippen molar-refractivity contribution in [2.45, 2.75) is 38.0 Å². The lowest BCUT2D eigenvalue weighted by molar-refractivity contribution is -0.145. The number of Topliss-reactive ketones (excluding diaryl/α,β-unsaturated/α-hetero) is 2. The Hall–Kier alpha value is -8.52. The predicted octanol–water partition coefficient (Wildman–Crippen LogP) is 6.82. The number of carbonyl (C=O) groups excluding carboxylic acids is 6. The van der Waals surface area contributed by atoms with Crippen LogP contribution in [0.1, 0.15) is 43.0 Å². The number of hydrogen-bond donors (Lipinski definition) is 4. The quantitative estimate of drug-likeness (QED) is 0.0463. The predicted molar refractivity (Wildman–Crippen MR) is 249 cm³/mol. The molecule has 0 bridgehead atoms. The molecule has 14 heteroatoms. The summed E-state index contributed by atoms with van der Waals surface area (Å²) in [7, 11) is 2.48. The first-order valence-corrected chi connectivity index (χ1v) is 21.3. The second-order valence-corrected chi connectivity index (χ2v) is 16.1. The van der Waals surface area contributed by atoms with E-state index in [1.54, 1.807) is 49.1 Å². The number of hydrogen-bond acceptors (Lipinski definition) is 8. The number of amides is 2. The number of nitrogens with one attached hydrogen (secondary N) is 4. The fourth-order valence-corrected chi connectivity index (χ4v) is 8.66. The van der Waals surface area contributed by atoms with E-state index in [2.05, 4.69) is 20.6 Å². The Morgan fingerprint density at radius 2 is 0.864 bits per heavy atom. The van der Waals surface area contributed by atoms with Gasteiger partial charge in [-0.3, -0.25) is 19.2 Å². The van der Waals surface area contributed by atoms with E-state index in [0.29, 0.717) is 23.9 Å². The van der Waals surface area contributed by atoms with Gasteiger partial charge in [-0.1, -0.05) is 97.1 Å². The molecule has 0 saturated heterocycles. The van der Waals surface area contributed by atoms with Crippen LogP contribution in [0.4, 0.5) is 0 Å². The molecule has 0 radical (unpaired) electrons. The number of H-pyrrole nitrogens is 2. The lowest BCUT2D eigenvalue weighted by atomic mass is 10.0. The Kier molecular flexibility index (Phi) is 11.9. The average Bonchev–Trinajstić information content (AvgIpc) is 4.14. The molecule has 4 heterocycles. The highest BCUT2D eigenvalue weighted by atomic mass is 16.5. The van der Waals surface area contributed by atoms with Crippen molar-refractivity contribution in [2.24, 2.45) is 0 Å². The van der Waals surface area contributed by atoms with Crippen LogP contribution in [-0.2, 0) is 54.6 Å². The maximum absolute atomic E-state index is 13.8. The van der Waals surface area contributed by atoms with Gasteiger partial charge >= 0.3 is 11.9 Å². The summed E-state index contributed by atoms with van der Waals surface area (Å²) in [6.07, 6.45) is 7.11. The normalized spacial score (nSPS) is 12.3. The van der Waals surface area contributed by atoms with E-state index in [0.717, 1.165) is 55.1 Å². The number of ether oxygens (including phenoxy) is 2. The van der Waals surface area contributed by atoms with E-state index in [-0.39, 0.29) is 24.0 Å². The standard InChI is InChI=1S/C52H44N6O8/c1-65-51(63)43(23-33-25-53-41-15-7-3-11-35(33)41)55-49(61)47(59)39-29-57(45-17-9-5-13-37(39)45)27-31-19-21-32(22-20-31)28-58-30-40(38-14-6-10-18-46(38)58)48(60)50(62)56-44(52(64)66-2)24-34-26-54-42-16-8-4-12-36(34)42/h3-22,25-26,29-30,43-44,53-54H,23-24,27-28H2,1-2H3,(H,55,61)(H,56,62). The highest BCUT2D eigenvalue weighted by molar-refractivity contribution is 6.46. The highest BCUT2D eigenvalue weighted by Crippen LogP contribution is 2.27. The number of aromatic nitrogens is 4. The molecule has 0 aliphatic heterocycles. The first kappa shape index (κ1) is 42.8. The third-order valence-corrected chi connectivity index (χ3v) is 12.0. The van der Waals surface area contributed by atoms with Crippen molar-refractivity contribution in [3.63, 3.8) is 0 Å². The Morgan fingerprint density at radius 1 is 0.500 bits per heavy atom. The van der Waals surface area contributed by atoms with E-state index in [1.165, 1.54) is 14.2 Å². The van der Waals surface area contributed by atoms with Crippen molar-refractivity contribution in [3.8, 4) is 0 Å². The minimum Gasteiger partial charge on any atom is -0.467 e. The molecule has 2 atom stereocenters. The maximum atomic E-state index is 13.8. The molecule has 5 aromatic carbocycles. The van der Waals surface area contributed by atoms with Crippen LogP contribution in [0.5, 0.6) is 0 Å². The second-order valence-electron chi connectivity index (χ2n) is 16.1. The van der Waals surface area contributed by atoms with Gasteiger partial charge in [-0.2, -0.15) is 0 Å². The summed E-state index contributed by atoms with van der Waals surface area (Å²) in [4.78, 5) is 86.7. The molecule has 0 saturated carbocycles. The molecular formula is C52H44N6O8. The number of fused-ring (bicyclic) bond motifs is 4. The monoisotopic (exact) mass is 880 g/mol. The molecule has 0 fully saturated rings. The average molecular weight is 881 g/mol. The van der Waals surface area contributed by atoms with Crippen molar-refractivity contribution in [2.75, 3.05) is 14.2 Å². The number of benzene rings is 5. The Labute approximate surface area is 377 Å². The van der Waals surface area contributed by atoms with Crippen LogP contribution in [0.2, 0.25) is 0 Å². The number of ketones is 2.